The standard InChI is InChI=1S/C30H30N2O5/c1-4-31-26(34)20-12-11-19-21(24(20)28(31)36)15-22-27(35)32(18-8-6-5-7-9-18)29(37)30(22,3)25(19)17-10-13-23(33)16(2)14-17/h5-11,13-14,20-22,24-25,33H,4,12,15H2,1-3H3. The molecule has 2 saturated heterocycles. The summed E-state index contributed by atoms with van der Waals surface area (Å²) in [6.07, 6.45) is 2.84. The molecule has 0 bridgehead atoms. The number of likely N-dealkylation sites (tertiary alicyclic amines) is 1. The number of anilines is 1. The Labute approximate surface area is 215 Å². The zero-order chi connectivity index (χ0) is 26.2. The second-order valence-corrected chi connectivity index (χ2v) is 11.0. The van der Waals surface area contributed by atoms with E-state index in [9.17, 15) is 24.3 Å². The van der Waals surface area contributed by atoms with E-state index in [1.807, 2.05) is 31.2 Å². The smallest absolute Gasteiger partial charge is 0.241 e. The van der Waals surface area contributed by atoms with Crippen LogP contribution in [0.4, 0.5) is 5.69 Å². The predicted octanol–water partition coefficient (Wildman–Crippen LogP) is 3.95. The lowest BCUT2D eigenvalue weighted by Gasteiger charge is -2.49. The van der Waals surface area contributed by atoms with E-state index < -0.39 is 29.1 Å². The third-order valence-corrected chi connectivity index (χ3v) is 9.25. The Bertz CT molecular complexity index is 1380. The van der Waals surface area contributed by atoms with Gasteiger partial charge in [-0.05, 0) is 68.9 Å². The van der Waals surface area contributed by atoms with Crippen molar-refractivity contribution in [1.82, 2.24) is 4.90 Å². The van der Waals surface area contributed by atoms with Crippen LogP contribution in [-0.2, 0) is 19.2 Å². The van der Waals surface area contributed by atoms with Crippen LogP contribution in [0.2, 0.25) is 0 Å². The van der Waals surface area contributed by atoms with Crippen LogP contribution in [0.15, 0.2) is 60.2 Å². The highest BCUT2D eigenvalue weighted by Gasteiger charge is 2.67. The number of phenolic OH excluding ortho intramolecular Hbond substituents is 1. The zero-order valence-corrected chi connectivity index (χ0v) is 21.2. The highest BCUT2D eigenvalue weighted by Crippen LogP contribution is 2.63. The van der Waals surface area contributed by atoms with Gasteiger partial charge in [-0.1, -0.05) is 42.0 Å². The molecule has 7 nitrogen and oxygen atoms in total. The minimum atomic E-state index is -1.07. The van der Waals surface area contributed by atoms with E-state index in [0.717, 1.165) is 11.1 Å². The Hall–Kier alpha value is -3.74. The summed E-state index contributed by atoms with van der Waals surface area (Å²) < 4.78 is 0. The number of imide groups is 2. The molecule has 7 heteroatoms. The first-order chi connectivity index (χ1) is 17.7. The molecule has 4 amide bonds. The van der Waals surface area contributed by atoms with Gasteiger partial charge in [0.05, 0.1) is 28.9 Å². The molecule has 2 aliphatic carbocycles. The minimum absolute atomic E-state index is 0.141. The monoisotopic (exact) mass is 498 g/mol. The average molecular weight is 499 g/mol. The summed E-state index contributed by atoms with van der Waals surface area (Å²) in [6, 6.07) is 14.3. The number of aromatic hydroxyl groups is 1. The topological polar surface area (TPSA) is 95.0 Å². The molecule has 2 aromatic rings. The number of aryl methyl sites for hydroxylation is 1. The predicted molar refractivity (Wildman–Crippen MR) is 136 cm³/mol. The number of carbonyl (C=O) groups is 4. The molecule has 0 spiro atoms. The first-order valence-corrected chi connectivity index (χ1v) is 13.0. The van der Waals surface area contributed by atoms with E-state index in [4.69, 9.17) is 0 Å². The van der Waals surface area contributed by atoms with Gasteiger partial charge >= 0.3 is 0 Å². The lowest BCUT2D eigenvalue weighted by molar-refractivity contribution is -0.140. The Morgan fingerprint density at radius 2 is 1.70 bits per heavy atom. The van der Waals surface area contributed by atoms with Gasteiger partial charge in [0.2, 0.25) is 23.6 Å². The van der Waals surface area contributed by atoms with E-state index in [1.54, 1.807) is 44.2 Å². The van der Waals surface area contributed by atoms with Gasteiger partial charge in [0.25, 0.3) is 0 Å². The molecule has 1 N–H and O–H groups in total. The number of benzene rings is 2. The van der Waals surface area contributed by atoms with Crippen molar-refractivity contribution in [1.29, 1.82) is 0 Å². The third kappa shape index (κ3) is 3.06. The largest absolute Gasteiger partial charge is 0.508 e. The van der Waals surface area contributed by atoms with E-state index in [1.165, 1.54) is 9.80 Å². The highest BCUT2D eigenvalue weighted by atomic mass is 16.3. The van der Waals surface area contributed by atoms with Gasteiger partial charge in [-0.25, -0.2) is 4.90 Å². The number of fused-ring (bicyclic) bond motifs is 4. The molecule has 3 fully saturated rings. The van der Waals surface area contributed by atoms with Gasteiger partial charge in [-0.2, -0.15) is 0 Å². The molecule has 190 valence electrons. The van der Waals surface area contributed by atoms with Gasteiger partial charge in [0.15, 0.2) is 0 Å². The maximum absolute atomic E-state index is 14.2. The third-order valence-electron chi connectivity index (χ3n) is 9.25. The number of rotatable bonds is 3. The second kappa shape index (κ2) is 8.13. The molecule has 6 rings (SSSR count). The van der Waals surface area contributed by atoms with Crippen molar-refractivity contribution < 1.29 is 24.3 Å². The molecule has 0 aromatic heterocycles. The van der Waals surface area contributed by atoms with Gasteiger partial charge in [-0.15, -0.1) is 0 Å². The molecule has 6 atom stereocenters. The fourth-order valence-corrected chi connectivity index (χ4v) is 7.45. The van der Waals surface area contributed by atoms with Gasteiger partial charge in [-0.3, -0.25) is 24.1 Å². The number of para-hydroxylation sites is 1. The summed E-state index contributed by atoms with van der Waals surface area (Å²) >= 11 is 0. The number of phenols is 1. The summed E-state index contributed by atoms with van der Waals surface area (Å²) in [4.78, 5) is 57.4. The fraction of sp³-hybridized carbons (Fsp3) is 0.400. The van der Waals surface area contributed by atoms with Crippen molar-refractivity contribution in [3.63, 3.8) is 0 Å². The SMILES string of the molecule is CCN1C(=O)C2CC=C3C(CC4C(=O)N(c5ccccc5)C(=O)C4(C)C3c3ccc(O)c(C)c3)C2C1=O. The molecular formula is C30H30N2O5. The number of allylic oxidation sites excluding steroid dienone is 2. The summed E-state index contributed by atoms with van der Waals surface area (Å²) in [5, 5.41) is 10.2. The number of nitrogens with zero attached hydrogens (tertiary/aromatic N) is 2. The van der Waals surface area contributed by atoms with Crippen molar-refractivity contribution in [2.45, 2.75) is 39.5 Å². The molecule has 6 unspecified atom stereocenters. The summed E-state index contributed by atoms with van der Waals surface area (Å²) in [6.45, 7) is 5.81. The number of hydrogen-bond donors (Lipinski definition) is 1. The van der Waals surface area contributed by atoms with E-state index in [2.05, 4.69) is 0 Å². The van der Waals surface area contributed by atoms with Gasteiger partial charge < -0.3 is 5.11 Å². The molecule has 2 aromatic carbocycles. The Morgan fingerprint density at radius 3 is 2.38 bits per heavy atom. The van der Waals surface area contributed by atoms with Crippen molar-refractivity contribution in [3.05, 3.63) is 71.3 Å². The van der Waals surface area contributed by atoms with Gasteiger partial charge in [0, 0.05) is 12.5 Å². The van der Waals surface area contributed by atoms with Crippen LogP contribution in [0, 0.1) is 36.0 Å². The van der Waals surface area contributed by atoms with E-state index in [-0.39, 0.29) is 35.3 Å². The van der Waals surface area contributed by atoms with E-state index in [0.29, 0.717) is 30.6 Å². The average Bonchev–Trinajstić information content (AvgIpc) is 3.25. The molecule has 0 radical (unpaired) electrons. The normalized spacial score (nSPS) is 32.8. The van der Waals surface area contributed by atoms with E-state index >= 15 is 0 Å². The van der Waals surface area contributed by atoms with Crippen LogP contribution in [0.1, 0.15) is 43.7 Å². The van der Waals surface area contributed by atoms with Crippen molar-refractivity contribution in [3.8, 4) is 5.75 Å². The van der Waals surface area contributed by atoms with Crippen LogP contribution >= 0.6 is 0 Å². The molecule has 2 aliphatic heterocycles. The number of hydrogen-bond acceptors (Lipinski definition) is 5. The lowest BCUT2D eigenvalue weighted by atomic mass is 9.51. The van der Waals surface area contributed by atoms with Crippen LogP contribution in [0.3, 0.4) is 0 Å². The maximum atomic E-state index is 14.2. The Morgan fingerprint density at radius 1 is 0.973 bits per heavy atom. The van der Waals surface area contributed by atoms with Crippen LogP contribution < -0.4 is 4.90 Å². The van der Waals surface area contributed by atoms with Crippen LogP contribution in [0.5, 0.6) is 5.75 Å². The van der Waals surface area contributed by atoms with Crippen molar-refractivity contribution in [2.24, 2.45) is 29.1 Å². The Balaban J connectivity index is 1.54. The second-order valence-electron chi connectivity index (χ2n) is 11.0. The quantitative estimate of drug-likeness (QED) is 0.511. The first-order valence-electron chi connectivity index (χ1n) is 13.0. The van der Waals surface area contributed by atoms with Crippen LogP contribution in [0.25, 0.3) is 0 Å². The molecule has 4 aliphatic rings. The van der Waals surface area contributed by atoms with Crippen molar-refractivity contribution >= 4 is 29.3 Å². The lowest BCUT2D eigenvalue weighted by Crippen LogP contribution is -2.48. The molecule has 37 heavy (non-hydrogen) atoms. The van der Waals surface area contributed by atoms with Gasteiger partial charge in [0.1, 0.15) is 5.75 Å². The summed E-state index contributed by atoms with van der Waals surface area (Å²) in [7, 11) is 0. The summed E-state index contributed by atoms with van der Waals surface area (Å²) in [5.41, 5.74) is 1.93. The Kier molecular flexibility index (Phi) is 5.20. The first kappa shape index (κ1) is 23.6. The van der Waals surface area contributed by atoms with Crippen molar-refractivity contribution in [2.75, 3.05) is 11.4 Å². The maximum Gasteiger partial charge on any atom is 0.241 e. The fourth-order valence-electron chi connectivity index (χ4n) is 7.45. The number of amides is 4. The minimum Gasteiger partial charge on any atom is -0.508 e. The number of carbonyl (C=O) groups excluding carboxylic acids is 4. The summed E-state index contributed by atoms with van der Waals surface area (Å²) in [5.74, 6) is -3.02. The zero-order valence-electron chi connectivity index (χ0n) is 21.2. The molecule has 2 heterocycles. The van der Waals surface area contributed by atoms with Crippen LogP contribution in [-0.4, -0.2) is 40.2 Å². The molecule has 1 saturated carbocycles. The molecular weight excluding hydrogens is 468 g/mol. The highest BCUT2D eigenvalue weighted by molar-refractivity contribution is 6.24.